The lowest BCUT2D eigenvalue weighted by atomic mass is 9.72. The molecule has 0 bridgehead atoms. The highest BCUT2D eigenvalue weighted by molar-refractivity contribution is 5.79. The van der Waals surface area contributed by atoms with Crippen molar-refractivity contribution in [2.24, 2.45) is 11.1 Å². The maximum Gasteiger partial charge on any atom is 0.258 e. The Morgan fingerprint density at radius 2 is 1.67 bits per heavy atom. The average Bonchev–Trinajstić information content (AvgIpc) is 2.33. The lowest BCUT2D eigenvalue weighted by molar-refractivity contribution is -0.124. The second-order valence-electron chi connectivity index (χ2n) is 7.56. The van der Waals surface area contributed by atoms with Crippen LogP contribution in [0, 0.1) is 5.41 Å². The van der Waals surface area contributed by atoms with Crippen molar-refractivity contribution in [1.82, 2.24) is 0 Å². The number of benzene rings is 1. The fraction of sp³-hybridized carbons (Fsp3) is 0.611. The highest BCUT2D eigenvalue weighted by atomic mass is 16.5. The highest BCUT2D eigenvalue weighted by Crippen LogP contribution is 2.36. The third kappa shape index (κ3) is 5.41. The normalized spacial score (nSPS) is 13.8. The summed E-state index contributed by atoms with van der Waals surface area (Å²) in [6.07, 6.45) is 1.12. The van der Waals surface area contributed by atoms with E-state index in [-0.39, 0.29) is 10.8 Å². The summed E-state index contributed by atoms with van der Waals surface area (Å²) in [5.74, 6) is 0.269. The van der Waals surface area contributed by atoms with Gasteiger partial charge < -0.3 is 10.5 Å². The molecular formula is C18H29NO2. The first kappa shape index (κ1) is 17.5. The number of nitrogens with two attached hydrogens (primary N) is 1. The van der Waals surface area contributed by atoms with Crippen LogP contribution in [0.15, 0.2) is 24.3 Å². The lowest BCUT2D eigenvalue weighted by Crippen LogP contribution is -2.33. The molecule has 0 radical (unpaired) electrons. The van der Waals surface area contributed by atoms with E-state index in [0.29, 0.717) is 12.2 Å². The zero-order chi connectivity index (χ0) is 16.3. The molecule has 1 atom stereocenters. The van der Waals surface area contributed by atoms with E-state index in [1.807, 2.05) is 19.1 Å². The average molecular weight is 291 g/mol. The minimum atomic E-state index is -0.557. The fourth-order valence-corrected chi connectivity index (χ4v) is 2.92. The predicted octanol–water partition coefficient (Wildman–Crippen LogP) is 4.04. The standard InChI is InChI=1S/C18H29NO2/c1-7-15(16(19)20)21-14-10-8-13(9-11-14)18(5,6)12-17(2,3)4/h8-11,15H,7,12H2,1-6H3,(H2,19,20). The van der Waals surface area contributed by atoms with Crippen LogP contribution in [0.3, 0.4) is 0 Å². The Morgan fingerprint density at radius 3 is 2.05 bits per heavy atom. The molecule has 0 spiro atoms. The van der Waals surface area contributed by atoms with E-state index in [9.17, 15) is 4.79 Å². The molecule has 0 heterocycles. The Kier molecular flexibility index (Phi) is 5.43. The number of rotatable bonds is 6. The van der Waals surface area contributed by atoms with E-state index < -0.39 is 12.0 Å². The van der Waals surface area contributed by atoms with Gasteiger partial charge in [-0.15, -0.1) is 0 Å². The van der Waals surface area contributed by atoms with Gasteiger partial charge in [-0.1, -0.05) is 53.7 Å². The summed E-state index contributed by atoms with van der Waals surface area (Å²) in [5, 5.41) is 0. The monoisotopic (exact) mass is 291 g/mol. The molecule has 0 aliphatic heterocycles. The van der Waals surface area contributed by atoms with Gasteiger partial charge in [0.25, 0.3) is 5.91 Å². The van der Waals surface area contributed by atoms with Gasteiger partial charge in [0.2, 0.25) is 0 Å². The predicted molar refractivity (Wildman–Crippen MR) is 87.4 cm³/mol. The lowest BCUT2D eigenvalue weighted by Gasteiger charge is -2.33. The Hall–Kier alpha value is -1.51. The molecule has 1 unspecified atom stereocenters. The van der Waals surface area contributed by atoms with E-state index in [1.54, 1.807) is 0 Å². The van der Waals surface area contributed by atoms with Gasteiger partial charge in [0.1, 0.15) is 5.75 Å². The Morgan fingerprint density at radius 1 is 1.14 bits per heavy atom. The molecule has 2 N–H and O–H groups in total. The van der Waals surface area contributed by atoms with Gasteiger partial charge in [-0.3, -0.25) is 4.79 Å². The van der Waals surface area contributed by atoms with Crippen molar-refractivity contribution in [3.8, 4) is 5.75 Å². The van der Waals surface area contributed by atoms with Crippen molar-refractivity contribution < 1.29 is 9.53 Å². The van der Waals surface area contributed by atoms with E-state index in [0.717, 1.165) is 6.42 Å². The minimum absolute atomic E-state index is 0.102. The number of carbonyl (C=O) groups excluding carboxylic acids is 1. The summed E-state index contributed by atoms with van der Waals surface area (Å²) in [4.78, 5) is 11.2. The van der Waals surface area contributed by atoms with Crippen molar-refractivity contribution >= 4 is 5.91 Å². The summed E-state index contributed by atoms with van der Waals surface area (Å²) in [7, 11) is 0. The molecule has 1 aromatic carbocycles. The van der Waals surface area contributed by atoms with Crippen molar-refractivity contribution in [3.63, 3.8) is 0 Å². The Bertz CT molecular complexity index is 469. The summed E-state index contributed by atoms with van der Waals surface area (Å²) >= 11 is 0. The zero-order valence-corrected chi connectivity index (χ0v) is 14.2. The molecular weight excluding hydrogens is 262 g/mol. The first-order valence-corrected chi connectivity index (χ1v) is 7.62. The molecule has 3 heteroatoms. The van der Waals surface area contributed by atoms with Gasteiger partial charge in [-0.05, 0) is 41.4 Å². The van der Waals surface area contributed by atoms with Crippen LogP contribution in [0.2, 0.25) is 0 Å². The number of primary amides is 1. The molecule has 21 heavy (non-hydrogen) atoms. The van der Waals surface area contributed by atoms with Crippen LogP contribution < -0.4 is 10.5 Å². The molecule has 3 nitrogen and oxygen atoms in total. The van der Waals surface area contributed by atoms with Crippen molar-refractivity contribution in [3.05, 3.63) is 29.8 Å². The molecule has 0 saturated heterocycles. The first-order valence-electron chi connectivity index (χ1n) is 7.62. The second kappa shape index (κ2) is 6.50. The van der Waals surface area contributed by atoms with Crippen LogP contribution in [-0.2, 0) is 10.2 Å². The molecule has 1 amide bonds. The number of hydrogen-bond donors (Lipinski definition) is 1. The number of carbonyl (C=O) groups is 1. The third-order valence-corrected chi connectivity index (χ3v) is 3.57. The molecule has 0 aliphatic rings. The van der Waals surface area contributed by atoms with Crippen molar-refractivity contribution in [2.45, 2.75) is 65.9 Å². The molecule has 0 aromatic heterocycles. The SMILES string of the molecule is CCC(Oc1ccc(C(C)(C)CC(C)(C)C)cc1)C(N)=O. The van der Waals surface area contributed by atoms with Crippen LogP contribution in [-0.4, -0.2) is 12.0 Å². The highest BCUT2D eigenvalue weighted by Gasteiger charge is 2.27. The zero-order valence-electron chi connectivity index (χ0n) is 14.2. The number of ether oxygens (including phenoxy) is 1. The van der Waals surface area contributed by atoms with E-state index in [4.69, 9.17) is 10.5 Å². The summed E-state index contributed by atoms with van der Waals surface area (Å²) in [6.45, 7) is 13.2. The van der Waals surface area contributed by atoms with Gasteiger partial charge in [-0.25, -0.2) is 0 Å². The van der Waals surface area contributed by atoms with Crippen LogP contribution in [0.25, 0.3) is 0 Å². The number of amides is 1. The fourth-order valence-electron chi connectivity index (χ4n) is 2.92. The maximum absolute atomic E-state index is 11.2. The third-order valence-electron chi connectivity index (χ3n) is 3.57. The second-order valence-corrected chi connectivity index (χ2v) is 7.56. The molecule has 1 aromatic rings. The van der Waals surface area contributed by atoms with Crippen molar-refractivity contribution in [2.75, 3.05) is 0 Å². The summed E-state index contributed by atoms with van der Waals surface area (Å²) < 4.78 is 5.62. The Balaban J connectivity index is 2.85. The van der Waals surface area contributed by atoms with E-state index >= 15 is 0 Å². The van der Waals surface area contributed by atoms with Gasteiger partial charge in [0, 0.05) is 0 Å². The molecule has 1 rings (SSSR count). The van der Waals surface area contributed by atoms with E-state index in [2.05, 4.69) is 46.8 Å². The van der Waals surface area contributed by atoms with Gasteiger partial charge in [0.15, 0.2) is 6.10 Å². The smallest absolute Gasteiger partial charge is 0.258 e. The van der Waals surface area contributed by atoms with E-state index in [1.165, 1.54) is 5.56 Å². The first-order chi connectivity index (χ1) is 9.55. The molecule has 0 fully saturated rings. The maximum atomic E-state index is 11.2. The van der Waals surface area contributed by atoms with Crippen LogP contribution >= 0.6 is 0 Å². The van der Waals surface area contributed by atoms with Gasteiger partial charge in [0.05, 0.1) is 0 Å². The summed E-state index contributed by atoms with van der Waals surface area (Å²) in [6, 6.07) is 8.00. The number of hydrogen-bond acceptors (Lipinski definition) is 2. The summed E-state index contributed by atoms with van der Waals surface area (Å²) in [5.41, 5.74) is 6.95. The minimum Gasteiger partial charge on any atom is -0.481 e. The van der Waals surface area contributed by atoms with Crippen LogP contribution in [0.4, 0.5) is 0 Å². The Labute approximate surface area is 128 Å². The molecule has 0 saturated carbocycles. The van der Waals surface area contributed by atoms with Crippen LogP contribution in [0.5, 0.6) is 5.75 Å². The largest absolute Gasteiger partial charge is 0.481 e. The van der Waals surface area contributed by atoms with Crippen molar-refractivity contribution in [1.29, 1.82) is 0 Å². The topological polar surface area (TPSA) is 52.3 Å². The van der Waals surface area contributed by atoms with Gasteiger partial charge >= 0.3 is 0 Å². The van der Waals surface area contributed by atoms with Crippen LogP contribution in [0.1, 0.15) is 59.9 Å². The molecule has 0 aliphatic carbocycles. The van der Waals surface area contributed by atoms with Gasteiger partial charge in [-0.2, -0.15) is 0 Å². The molecule has 118 valence electrons. The quantitative estimate of drug-likeness (QED) is 0.860.